The van der Waals surface area contributed by atoms with E-state index in [-0.39, 0.29) is 11.5 Å². The van der Waals surface area contributed by atoms with Gasteiger partial charge in [-0.25, -0.2) is 9.99 Å². The second-order valence-corrected chi connectivity index (χ2v) is 6.81. The second-order valence-electron chi connectivity index (χ2n) is 5.80. The molecular formula is C20H17N3O2S. The fourth-order valence-corrected chi connectivity index (χ4v) is 3.82. The van der Waals surface area contributed by atoms with Crippen molar-refractivity contribution < 1.29 is 10.2 Å². The van der Waals surface area contributed by atoms with Crippen LogP contribution in [0.2, 0.25) is 0 Å². The van der Waals surface area contributed by atoms with Gasteiger partial charge in [0.05, 0.1) is 16.4 Å². The van der Waals surface area contributed by atoms with Crippen LogP contribution < -0.4 is 5.01 Å². The van der Waals surface area contributed by atoms with Crippen molar-refractivity contribution in [3.8, 4) is 11.5 Å². The molecule has 130 valence electrons. The third-order valence-electron chi connectivity index (χ3n) is 4.16. The first-order valence-electron chi connectivity index (χ1n) is 8.28. The number of thiazole rings is 1. The van der Waals surface area contributed by atoms with Gasteiger partial charge < -0.3 is 10.2 Å². The summed E-state index contributed by atoms with van der Waals surface area (Å²) < 4.78 is 1.10. The molecule has 0 fully saturated rings. The Kier molecular flexibility index (Phi) is 4.18. The summed E-state index contributed by atoms with van der Waals surface area (Å²) in [5, 5.41) is 29.0. The molecule has 0 atom stereocenters. The average molecular weight is 363 g/mol. The fraction of sp³-hybridized carbons (Fsp3) is 0.100. The van der Waals surface area contributed by atoms with Gasteiger partial charge in [0.15, 0.2) is 0 Å². The molecule has 0 bridgehead atoms. The molecule has 26 heavy (non-hydrogen) atoms. The van der Waals surface area contributed by atoms with Crippen LogP contribution in [0, 0.1) is 0 Å². The molecule has 0 saturated carbocycles. The predicted octanol–water partition coefficient (Wildman–Crippen LogP) is 4.72. The van der Waals surface area contributed by atoms with Gasteiger partial charge in [-0.15, -0.1) is 0 Å². The molecule has 3 aromatic carbocycles. The van der Waals surface area contributed by atoms with Crippen LogP contribution in [0.3, 0.4) is 0 Å². The Morgan fingerprint density at radius 3 is 2.58 bits per heavy atom. The lowest BCUT2D eigenvalue weighted by Crippen LogP contribution is -2.15. The minimum absolute atomic E-state index is 0.0995. The van der Waals surface area contributed by atoms with Gasteiger partial charge in [-0.05, 0) is 25.1 Å². The number of rotatable bonds is 4. The highest BCUT2D eigenvalue weighted by Crippen LogP contribution is 2.34. The summed E-state index contributed by atoms with van der Waals surface area (Å²) in [6, 6.07) is 16.6. The highest BCUT2D eigenvalue weighted by molar-refractivity contribution is 7.22. The Morgan fingerprint density at radius 1 is 1.08 bits per heavy atom. The molecule has 2 N–H and O–H groups in total. The predicted molar refractivity (Wildman–Crippen MR) is 108 cm³/mol. The first kappa shape index (κ1) is 16.4. The maximum absolute atomic E-state index is 10.5. The molecule has 0 amide bonds. The molecule has 5 nitrogen and oxygen atoms in total. The van der Waals surface area contributed by atoms with Crippen LogP contribution >= 0.6 is 11.3 Å². The maximum Gasteiger partial charge on any atom is 0.207 e. The Bertz CT molecular complexity index is 1090. The van der Waals surface area contributed by atoms with Gasteiger partial charge in [-0.3, -0.25) is 0 Å². The van der Waals surface area contributed by atoms with Gasteiger partial charge in [0.25, 0.3) is 0 Å². The minimum Gasteiger partial charge on any atom is -0.507 e. The van der Waals surface area contributed by atoms with Crippen molar-refractivity contribution in [3.63, 3.8) is 0 Å². The summed E-state index contributed by atoms with van der Waals surface area (Å²) in [6.45, 7) is 2.62. The standard InChI is InChI=1S/C20H17N3O2S/c1-2-23(20-22-16-9-5-6-10-18(16)26-20)21-12-13-11-17(24)14-7-3-4-8-15(14)19(13)25/h3-12,24-25H,2H2,1H3/b21-12+. The molecular weight excluding hydrogens is 346 g/mol. The zero-order chi connectivity index (χ0) is 18.1. The van der Waals surface area contributed by atoms with Crippen LogP contribution in [0.5, 0.6) is 11.5 Å². The highest BCUT2D eigenvalue weighted by atomic mass is 32.1. The third-order valence-corrected chi connectivity index (χ3v) is 5.21. The van der Waals surface area contributed by atoms with Gasteiger partial charge in [-0.2, -0.15) is 5.10 Å². The van der Waals surface area contributed by atoms with Crippen LogP contribution in [-0.2, 0) is 0 Å². The third kappa shape index (κ3) is 2.84. The lowest BCUT2D eigenvalue weighted by Gasteiger charge is -2.13. The van der Waals surface area contributed by atoms with Gasteiger partial charge in [0.2, 0.25) is 5.13 Å². The van der Waals surface area contributed by atoms with Crippen LogP contribution in [0.4, 0.5) is 5.13 Å². The Balaban J connectivity index is 1.72. The van der Waals surface area contributed by atoms with Crippen molar-refractivity contribution >= 4 is 43.7 Å². The largest absolute Gasteiger partial charge is 0.507 e. The Labute approximate surface area is 154 Å². The summed E-state index contributed by atoms with van der Waals surface area (Å²) in [6.07, 6.45) is 1.55. The van der Waals surface area contributed by atoms with Crippen LogP contribution in [0.15, 0.2) is 59.7 Å². The van der Waals surface area contributed by atoms with E-state index in [2.05, 4.69) is 10.1 Å². The van der Waals surface area contributed by atoms with Gasteiger partial charge in [-0.1, -0.05) is 47.7 Å². The Morgan fingerprint density at radius 2 is 1.81 bits per heavy atom. The highest BCUT2D eigenvalue weighted by Gasteiger charge is 2.12. The molecule has 0 radical (unpaired) electrons. The SMILES string of the molecule is CCN(/N=C/c1cc(O)c2ccccc2c1O)c1nc2ccccc2s1. The first-order valence-corrected chi connectivity index (χ1v) is 9.10. The lowest BCUT2D eigenvalue weighted by atomic mass is 10.0. The number of nitrogens with zero attached hydrogens (tertiary/aromatic N) is 3. The van der Waals surface area contributed by atoms with Crippen molar-refractivity contribution in [2.75, 3.05) is 11.6 Å². The van der Waals surface area contributed by atoms with Crippen molar-refractivity contribution in [2.24, 2.45) is 5.10 Å². The van der Waals surface area contributed by atoms with Crippen molar-refractivity contribution in [3.05, 3.63) is 60.2 Å². The summed E-state index contributed by atoms with van der Waals surface area (Å²) in [5.74, 6) is 0.213. The Hall–Kier alpha value is -3.12. The normalized spacial score (nSPS) is 11.6. The van der Waals surface area contributed by atoms with Gasteiger partial charge in [0, 0.05) is 22.9 Å². The molecule has 0 spiro atoms. The number of hydrogen-bond donors (Lipinski definition) is 2. The molecule has 4 aromatic rings. The fourth-order valence-electron chi connectivity index (χ4n) is 2.83. The monoisotopic (exact) mass is 363 g/mol. The minimum atomic E-state index is 0.0995. The summed E-state index contributed by atoms with van der Waals surface area (Å²) in [4.78, 5) is 4.60. The zero-order valence-electron chi connectivity index (χ0n) is 14.1. The summed E-state index contributed by atoms with van der Waals surface area (Å²) >= 11 is 1.56. The van der Waals surface area contributed by atoms with E-state index in [0.717, 1.165) is 15.3 Å². The molecule has 0 saturated heterocycles. The van der Waals surface area contributed by atoms with Crippen LogP contribution in [0.25, 0.3) is 21.0 Å². The first-order chi connectivity index (χ1) is 12.7. The average Bonchev–Trinajstić information content (AvgIpc) is 3.10. The number of aromatic hydroxyl groups is 2. The van der Waals surface area contributed by atoms with Crippen molar-refractivity contribution in [2.45, 2.75) is 6.92 Å². The van der Waals surface area contributed by atoms with E-state index in [1.54, 1.807) is 34.7 Å². The maximum atomic E-state index is 10.5. The van der Waals surface area contributed by atoms with E-state index in [9.17, 15) is 10.2 Å². The number of para-hydroxylation sites is 1. The van der Waals surface area contributed by atoms with Crippen molar-refractivity contribution in [1.29, 1.82) is 0 Å². The summed E-state index contributed by atoms with van der Waals surface area (Å²) in [5.41, 5.74) is 1.40. The quantitative estimate of drug-likeness (QED) is 0.313. The van der Waals surface area contributed by atoms with Gasteiger partial charge >= 0.3 is 0 Å². The molecule has 0 aliphatic carbocycles. The molecule has 1 heterocycles. The van der Waals surface area contributed by atoms with Crippen molar-refractivity contribution in [1.82, 2.24) is 4.98 Å². The van der Waals surface area contributed by atoms with E-state index < -0.39 is 0 Å². The van der Waals surface area contributed by atoms with Crippen LogP contribution in [0.1, 0.15) is 12.5 Å². The molecule has 4 rings (SSSR count). The lowest BCUT2D eigenvalue weighted by molar-refractivity contribution is 0.469. The molecule has 0 aliphatic rings. The molecule has 0 aliphatic heterocycles. The smallest absolute Gasteiger partial charge is 0.207 e. The molecule has 1 aromatic heterocycles. The number of hydrazone groups is 1. The van der Waals surface area contributed by atoms with E-state index in [1.165, 1.54) is 6.07 Å². The number of aromatic nitrogens is 1. The molecule has 6 heteroatoms. The topological polar surface area (TPSA) is 69.0 Å². The van der Waals surface area contributed by atoms with E-state index >= 15 is 0 Å². The number of benzene rings is 3. The number of anilines is 1. The van der Waals surface area contributed by atoms with E-state index in [1.807, 2.05) is 43.3 Å². The number of phenols is 2. The van der Waals surface area contributed by atoms with E-state index in [0.29, 0.717) is 22.9 Å². The zero-order valence-corrected chi connectivity index (χ0v) is 14.9. The van der Waals surface area contributed by atoms with Crippen LogP contribution in [-0.4, -0.2) is 28.0 Å². The summed E-state index contributed by atoms with van der Waals surface area (Å²) in [7, 11) is 0. The number of fused-ring (bicyclic) bond motifs is 2. The van der Waals surface area contributed by atoms with Gasteiger partial charge in [0.1, 0.15) is 11.5 Å². The second kappa shape index (κ2) is 6.65. The number of hydrogen-bond acceptors (Lipinski definition) is 6. The molecule has 0 unspecified atom stereocenters. The van der Waals surface area contributed by atoms with E-state index in [4.69, 9.17) is 0 Å². The number of phenolic OH excluding ortho intramolecular Hbond substituents is 2.